The van der Waals surface area contributed by atoms with Crippen LogP contribution in [0, 0.1) is 6.92 Å². The van der Waals surface area contributed by atoms with E-state index >= 15 is 0 Å². The zero-order valence-electron chi connectivity index (χ0n) is 14.4. The molecule has 25 heavy (non-hydrogen) atoms. The second-order valence-electron chi connectivity index (χ2n) is 5.76. The van der Waals surface area contributed by atoms with Gasteiger partial charge in [-0.3, -0.25) is 0 Å². The first-order valence-electron chi connectivity index (χ1n) is 8.16. The molecule has 3 aromatic rings. The van der Waals surface area contributed by atoms with E-state index in [4.69, 9.17) is 16.3 Å². The third kappa shape index (κ3) is 3.92. The van der Waals surface area contributed by atoms with Crippen LogP contribution in [0.1, 0.15) is 22.4 Å². The Morgan fingerprint density at radius 3 is 2.48 bits per heavy atom. The fourth-order valence-corrected chi connectivity index (χ4v) is 3.00. The van der Waals surface area contributed by atoms with Gasteiger partial charge in [-0.2, -0.15) is 0 Å². The number of ether oxygens (including phenoxy) is 1. The summed E-state index contributed by atoms with van der Waals surface area (Å²) in [6.45, 7) is 2.15. The van der Waals surface area contributed by atoms with Crippen LogP contribution >= 0.6 is 11.6 Å². The van der Waals surface area contributed by atoms with E-state index in [0.29, 0.717) is 11.8 Å². The fourth-order valence-electron chi connectivity index (χ4n) is 2.79. The fraction of sp³-hybridized carbons (Fsp3) is 0.136. The first-order valence-corrected chi connectivity index (χ1v) is 8.69. The minimum Gasteiger partial charge on any atom is -0.481 e. The Morgan fingerprint density at radius 1 is 0.960 bits per heavy atom. The van der Waals surface area contributed by atoms with Gasteiger partial charge in [0.05, 0.1) is 18.7 Å². The van der Waals surface area contributed by atoms with Gasteiger partial charge in [-0.05, 0) is 41.3 Å². The van der Waals surface area contributed by atoms with Crippen LogP contribution in [0.3, 0.4) is 0 Å². The number of nitrogens with zero attached hydrogens (tertiary/aromatic N) is 1. The number of aromatic nitrogens is 1. The van der Waals surface area contributed by atoms with E-state index in [-0.39, 0.29) is 0 Å². The SMILES string of the molecule is COc1nc(/C=C/c2cccc(-c3ccccc3)c2C)ccc1CCl. The van der Waals surface area contributed by atoms with Crippen molar-refractivity contribution in [3.8, 4) is 17.0 Å². The number of pyridine rings is 1. The van der Waals surface area contributed by atoms with Gasteiger partial charge >= 0.3 is 0 Å². The maximum absolute atomic E-state index is 5.89. The number of rotatable bonds is 5. The molecule has 0 spiro atoms. The molecular formula is C22H20ClNO. The molecule has 3 rings (SSSR count). The van der Waals surface area contributed by atoms with Crippen molar-refractivity contribution in [2.24, 2.45) is 0 Å². The normalized spacial score (nSPS) is 11.0. The summed E-state index contributed by atoms with van der Waals surface area (Å²) in [5, 5.41) is 0. The Balaban J connectivity index is 1.92. The van der Waals surface area contributed by atoms with Gasteiger partial charge in [-0.15, -0.1) is 11.6 Å². The predicted octanol–water partition coefficient (Wildman–Crippen LogP) is 5.97. The van der Waals surface area contributed by atoms with Gasteiger partial charge in [-0.25, -0.2) is 4.98 Å². The zero-order valence-corrected chi connectivity index (χ0v) is 15.1. The van der Waals surface area contributed by atoms with Crippen molar-refractivity contribution >= 4 is 23.8 Å². The van der Waals surface area contributed by atoms with E-state index in [1.165, 1.54) is 22.3 Å². The Labute approximate surface area is 153 Å². The van der Waals surface area contributed by atoms with Gasteiger partial charge < -0.3 is 4.74 Å². The lowest BCUT2D eigenvalue weighted by atomic mass is 9.96. The lowest BCUT2D eigenvalue weighted by Gasteiger charge is -2.09. The maximum atomic E-state index is 5.89. The monoisotopic (exact) mass is 349 g/mol. The molecule has 1 aromatic heterocycles. The van der Waals surface area contributed by atoms with Crippen LogP contribution in [0.2, 0.25) is 0 Å². The lowest BCUT2D eigenvalue weighted by molar-refractivity contribution is 0.394. The van der Waals surface area contributed by atoms with Crippen molar-refractivity contribution in [2.75, 3.05) is 7.11 Å². The summed E-state index contributed by atoms with van der Waals surface area (Å²) in [4.78, 5) is 4.49. The Kier molecular flexibility index (Phi) is 5.52. The largest absolute Gasteiger partial charge is 0.481 e. The van der Waals surface area contributed by atoms with Gasteiger partial charge in [-0.1, -0.05) is 60.7 Å². The molecule has 0 aliphatic heterocycles. The molecular weight excluding hydrogens is 330 g/mol. The highest BCUT2D eigenvalue weighted by molar-refractivity contribution is 6.17. The molecule has 0 aliphatic carbocycles. The van der Waals surface area contributed by atoms with Gasteiger partial charge in [0.1, 0.15) is 0 Å². The summed E-state index contributed by atoms with van der Waals surface area (Å²) in [7, 11) is 1.61. The molecule has 1 heterocycles. The van der Waals surface area contributed by atoms with Crippen LogP contribution in [0.5, 0.6) is 5.88 Å². The Morgan fingerprint density at radius 2 is 1.76 bits per heavy atom. The average Bonchev–Trinajstić information content (AvgIpc) is 2.67. The number of benzene rings is 2. The quantitative estimate of drug-likeness (QED) is 0.529. The summed E-state index contributed by atoms with van der Waals surface area (Å²) >= 11 is 5.89. The molecule has 0 N–H and O–H groups in total. The number of methoxy groups -OCH3 is 1. The Bertz CT molecular complexity index is 888. The summed E-state index contributed by atoms with van der Waals surface area (Å²) in [5.41, 5.74) is 6.61. The predicted molar refractivity (Wildman–Crippen MR) is 106 cm³/mol. The summed E-state index contributed by atoms with van der Waals surface area (Å²) in [5.74, 6) is 0.963. The van der Waals surface area contributed by atoms with Gasteiger partial charge in [0, 0.05) is 5.56 Å². The highest BCUT2D eigenvalue weighted by Crippen LogP contribution is 2.27. The van der Waals surface area contributed by atoms with Gasteiger partial charge in [0.2, 0.25) is 5.88 Å². The molecule has 0 radical (unpaired) electrons. The van der Waals surface area contributed by atoms with Crippen LogP contribution in [-0.4, -0.2) is 12.1 Å². The van der Waals surface area contributed by atoms with Crippen LogP contribution in [0.25, 0.3) is 23.3 Å². The molecule has 0 saturated heterocycles. The molecule has 0 unspecified atom stereocenters. The molecule has 0 bridgehead atoms. The van der Waals surface area contributed by atoms with Crippen molar-refractivity contribution < 1.29 is 4.74 Å². The standard InChI is InChI=1S/C22H20ClNO/c1-16-17(9-6-10-21(16)18-7-4-3-5-8-18)11-13-20-14-12-19(15-23)22(24-20)25-2/h3-14H,15H2,1-2H3/b13-11+. The minimum absolute atomic E-state index is 0.387. The lowest BCUT2D eigenvalue weighted by Crippen LogP contribution is -1.94. The second-order valence-corrected chi connectivity index (χ2v) is 6.02. The third-order valence-corrected chi connectivity index (χ3v) is 4.48. The first-order chi connectivity index (χ1) is 12.2. The van der Waals surface area contributed by atoms with E-state index in [1.54, 1.807) is 7.11 Å². The first kappa shape index (κ1) is 17.2. The molecule has 0 amide bonds. The van der Waals surface area contributed by atoms with Crippen molar-refractivity contribution in [2.45, 2.75) is 12.8 Å². The van der Waals surface area contributed by atoms with Crippen molar-refractivity contribution in [3.63, 3.8) is 0 Å². The van der Waals surface area contributed by atoms with E-state index in [9.17, 15) is 0 Å². The second kappa shape index (κ2) is 8.00. The van der Waals surface area contributed by atoms with Crippen molar-refractivity contribution in [1.29, 1.82) is 0 Å². The van der Waals surface area contributed by atoms with Gasteiger partial charge in [0.25, 0.3) is 0 Å². The topological polar surface area (TPSA) is 22.1 Å². The van der Waals surface area contributed by atoms with E-state index in [2.05, 4.69) is 60.4 Å². The average molecular weight is 350 g/mol. The zero-order chi connectivity index (χ0) is 17.6. The van der Waals surface area contributed by atoms with Crippen LogP contribution in [0.4, 0.5) is 0 Å². The van der Waals surface area contributed by atoms with Gasteiger partial charge in [0.15, 0.2) is 0 Å². The summed E-state index contributed by atoms with van der Waals surface area (Å²) in [6.07, 6.45) is 4.08. The van der Waals surface area contributed by atoms with E-state index < -0.39 is 0 Å². The summed E-state index contributed by atoms with van der Waals surface area (Å²) < 4.78 is 5.30. The number of alkyl halides is 1. The molecule has 3 heteroatoms. The van der Waals surface area contributed by atoms with Crippen molar-refractivity contribution in [3.05, 3.63) is 83.0 Å². The maximum Gasteiger partial charge on any atom is 0.218 e. The molecule has 126 valence electrons. The van der Waals surface area contributed by atoms with Crippen LogP contribution in [0.15, 0.2) is 60.7 Å². The van der Waals surface area contributed by atoms with Crippen LogP contribution < -0.4 is 4.74 Å². The third-order valence-electron chi connectivity index (χ3n) is 4.19. The van der Waals surface area contributed by atoms with E-state index in [0.717, 1.165) is 11.3 Å². The Hall–Kier alpha value is -2.58. The van der Waals surface area contributed by atoms with Crippen LogP contribution in [-0.2, 0) is 5.88 Å². The molecule has 2 aromatic carbocycles. The summed E-state index contributed by atoms with van der Waals surface area (Å²) in [6, 6.07) is 20.7. The highest BCUT2D eigenvalue weighted by atomic mass is 35.5. The minimum atomic E-state index is 0.387. The number of halogens is 1. The molecule has 0 atom stereocenters. The highest BCUT2D eigenvalue weighted by Gasteiger charge is 2.05. The molecule has 0 aliphatic rings. The molecule has 2 nitrogen and oxygen atoms in total. The number of hydrogen-bond donors (Lipinski definition) is 0. The molecule has 0 saturated carbocycles. The number of hydrogen-bond acceptors (Lipinski definition) is 2. The smallest absolute Gasteiger partial charge is 0.218 e. The van der Waals surface area contributed by atoms with E-state index in [1.807, 2.05) is 24.3 Å². The van der Waals surface area contributed by atoms with Crippen molar-refractivity contribution in [1.82, 2.24) is 4.98 Å². The molecule has 0 fully saturated rings.